The van der Waals surface area contributed by atoms with Crippen molar-refractivity contribution in [2.75, 3.05) is 36.0 Å². The molecular formula is C18H17FN8. The molecule has 1 fully saturated rings. The quantitative estimate of drug-likeness (QED) is 0.698. The molecule has 0 aliphatic carbocycles. The maximum Gasteiger partial charge on any atom is 0.226 e. The molecule has 9 heteroatoms. The van der Waals surface area contributed by atoms with E-state index in [1.165, 1.54) is 0 Å². The molecule has 8 nitrogen and oxygen atoms in total. The lowest BCUT2D eigenvalue weighted by atomic mass is 10.1. The zero-order valence-corrected chi connectivity index (χ0v) is 14.7. The van der Waals surface area contributed by atoms with Crippen molar-refractivity contribution in [1.82, 2.24) is 24.7 Å². The van der Waals surface area contributed by atoms with Crippen LogP contribution in [-0.4, -0.2) is 50.9 Å². The minimum absolute atomic E-state index is 0.0101. The molecule has 0 saturated carbocycles. The SMILES string of the molecule is Cn1cnnc1N1CCN(c2c(-c3cccnc3)ncc(F)c2C#N)CC1. The third-order valence-corrected chi connectivity index (χ3v) is 4.62. The molecule has 1 aliphatic rings. The van der Waals surface area contributed by atoms with Gasteiger partial charge in [0.25, 0.3) is 0 Å². The van der Waals surface area contributed by atoms with Gasteiger partial charge < -0.3 is 14.4 Å². The van der Waals surface area contributed by atoms with Crippen LogP contribution in [0.5, 0.6) is 0 Å². The minimum Gasteiger partial charge on any atom is -0.365 e. The van der Waals surface area contributed by atoms with E-state index < -0.39 is 5.82 Å². The first-order valence-electron chi connectivity index (χ1n) is 8.52. The van der Waals surface area contributed by atoms with Crippen LogP contribution >= 0.6 is 0 Å². The lowest BCUT2D eigenvalue weighted by molar-refractivity contribution is 0.606. The zero-order chi connectivity index (χ0) is 18.8. The Morgan fingerprint density at radius 3 is 2.56 bits per heavy atom. The number of hydrogen-bond acceptors (Lipinski definition) is 7. The van der Waals surface area contributed by atoms with Crippen molar-refractivity contribution < 1.29 is 4.39 Å². The van der Waals surface area contributed by atoms with Gasteiger partial charge in [-0.2, -0.15) is 5.26 Å². The van der Waals surface area contributed by atoms with Gasteiger partial charge in [0.05, 0.1) is 17.6 Å². The number of halogens is 1. The minimum atomic E-state index is -0.615. The van der Waals surface area contributed by atoms with Crippen LogP contribution in [0.3, 0.4) is 0 Å². The molecule has 1 aliphatic heterocycles. The summed E-state index contributed by atoms with van der Waals surface area (Å²) in [4.78, 5) is 12.5. The van der Waals surface area contributed by atoms with E-state index in [0.29, 0.717) is 37.6 Å². The molecule has 0 bridgehead atoms. The third kappa shape index (κ3) is 3.06. The van der Waals surface area contributed by atoms with Gasteiger partial charge in [-0.15, -0.1) is 10.2 Å². The molecule has 1 saturated heterocycles. The highest BCUT2D eigenvalue weighted by Crippen LogP contribution is 2.34. The van der Waals surface area contributed by atoms with Crippen LogP contribution in [0.15, 0.2) is 37.1 Å². The Kier molecular flexibility index (Phi) is 4.38. The third-order valence-electron chi connectivity index (χ3n) is 4.62. The number of nitriles is 1. The molecule has 3 aromatic rings. The first-order chi connectivity index (χ1) is 13.2. The molecule has 4 rings (SSSR count). The zero-order valence-electron chi connectivity index (χ0n) is 14.7. The monoisotopic (exact) mass is 364 g/mol. The first kappa shape index (κ1) is 16.9. The Morgan fingerprint density at radius 2 is 1.93 bits per heavy atom. The number of hydrogen-bond donors (Lipinski definition) is 0. The van der Waals surface area contributed by atoms with Crippen molar-refractivity contribution in [2.24, 2.45) is 7.05 Å². The molecule has 0 N–H and O–H groups in total. The summed E-state index contributed by atoms with van der Waals surface area (Å²) in [5, 5.41) is 17.6. The van der Waals surface area contributed by atoms with Crippen molar-refractivity contribution in [1.29, 1.82) is 5.26 Å². The highest BCUT2D eigenvalue weighted by molar-refractivity contribution is 5.79. The number of aryl methyl sites for hydroxylation is 1. The Balaban J connectivity index is 1.69. The number of anilines is 2. The highest BCUT2D eigenvalue weighted by Gasteiger charge is 2.26. The Morgan fingerprint density at radius 1 is 1.15 bits per heavy atom. The second-order valence-corrected chi connectivity index (χ2v) is 6.25. The largest absolute Gasteiger partial charge is 0.365 e. The number of piperazine rings is 1. The standard InChI is InChI=1S/C18H17FN8/c1-25-12-23-24-18(25)27-7-5-26(6-8-27)17-14(9-20)15(19)11-22-16(17)13-3-2-4-21-10-13/h2-4,10-12H,5-8H2,1H3. The van der Waals surface area contributed by atoms with Gasteiger partial charge in [-0.1, -0.05) is 0 Å². The summed E-state index contributed by atoms with van der Waals surface area (Å²) in [6, 6.07) is 5.65. The van der Waals surface area contributed by atoms with Crippen LogP contribution in [0.4, 0.5) is 16.0 Å². The van der Waals surface area contributed by atoms with Crippen LogP contribution in [0.1, 0.15) is 5.56 Å². The van der Waals surface area contributed by atoms with Crippen molar-refractivity contribution in [3.63, 3.8) is 0 Å². The molecule has 0 radical (unpaired) electrons. The molecule has 4 heterocycles. The molecule has 0 unspecified atom stereocenters. The van der Waals surface area contributed by atoms with Gasteiger partial charge >= 0.3 is 0 Å². The molecule has 27 heavy (non-hydrogen) atoms. The summed E-state index contributed by atoms with van der Waals surface area (Å²) in [6.07, 6.45) is 6.09. The fourth-order valence-corrected chi connectivity index (χ4v) is 3.30. The lowest BCUT2D eigenvalue weighted by Gasteiger charge is -2.37. The topological polar surface area (TPSA) is 86.8 Å². The van der Waals surface area contributed by atoms with E-state index in [4.69, 9.17) is 0 Å². The molecular weight excluding hydrogens is 347 g/mol. The molecule has 0 atom stereocenters. The van der Waals surface area contributed by atoms with Crippen molar-refractivity contribution in [3.05, 3.63) is 48.4 Å². The van der Waals surface area contributed by atoms with Crippen LogP contribution in [0.25, 0.3) is 11.3 Å². The van der Waals surface area contributed by atoms with Gasteiger partial charge in [-0.3, -0.25) is 9.97 Å². The number of rotatable bonds is 3. The average Bonchev–Trinajstić information content (AvgIpc) is 3.14. The molecule has 136 valence electrons. The van der Waals surface area contributed by atoms with Gasteiger partial charge in [-0.25, -0.2) is 4.39 Å². The van der Waals surface area contributed by atoms with Gasteiger partial charge in [-0.05, 0) is 12.1 Å². The van der Waals surface area contributed by atoms with Crippen LogP contribution in [-0.2, 0) is 7.05 Å². The van der Waals surface area contributed by atoms with Gasteiger partial charge in [0, 0.05) is 51.2 Å². The first-order valence-corrected chi connectivity index (χ1v) is 8.52. The highest BCUT2D eigenvalue weighted by atomic mass is 19.1. The van der Waals surface area contributed by atoms with E-state index in [2.05, 4.69) is 25.1 Å². The number of aromatic nitrogens is 5. The predicted octanol–water partition coefficient (Wildman–Crippen LogP) is 1.61. The van der Waals surface area contributed by atoms with Crippen molar-refractivity contribution in [2.45, 2.75) is 0 Å². The number of nitrogens with zero attached hydrogens (tertiary/aromatic N) is 8. The van der Waals surface area contributed by atoms with Crippen molar-refractivity contribution in [3.8, 4) is 17.3 Å². The maximum atomic E-state index is 14.3. The Bertz CT molecular complexity index is 986. The van der Waals surface area contributed by atoms with Crippen molar-refractivity contribution >= 4 is 11.6 Å². The Labute approximate surface area is 155 Å². The molecule has 0 aromatic carbocycles. The van der Waals surface area contributed by atoms with Gasteiger partial charge in [0.15, 0.2) is 5.82 Å². The van der Waals surface area contributed by atoms with Gasteiger partial charge in [0.1, 0.15) is 18.0 Å². The predicted molar refractivity (Wildman–Crippen MR) is 97.6 cm³/mol. The van der Waals surface area contributed by atoms with Gasteiger partial charge in [0.2, 0.25) is 5.95 Å². The molecule has 0 spiro atoms. The van der Waals surface area contributed by atoms with E-state index in [1.54, 1.807) is 24.8 Å². The molecule has 0 amide bonds. The fraction of sp³-hybridized carbons (Fsp3) is 0.278. The van der Waals surface area contributed by atoms with Crippen LogP contribution in [0.2, 0.25) is 0 Å². The summed E-state index contributed by atoms with van der Waals surface area (Å²) >= 11 is 0. The van der Waals surface area contributed by atoms with E-state index in [9.17, 15) is 9.65 Å². The Hall–Kier alpha value is -3.54. The summed E-state index contributed by atoms with van der Waals surface area (Å²) < 4.78 is 16.2. The summed E-state index contributed by atoms with van der Waals surface area (Å²) in [5.41, 5.74) is 1.84. The van der Waals surface area contributed by atoms with E-state index in [-0.39, 0.29) is 5.56 Å². The normalized spacial score (nSPS) is 14.3. The van der Waals surface area contributed by atoms with Crippen LogP contribution < -0.4 is 9.80 Å². The molecule has 3 aromatic heterocycles. The lowest BCUT2D eigenvalue weighted by Crippen LogP contribution is -2.47. The summed E-state index contributed by atoms with van der Waals surface area (Å²) in [6.45, 7) is 2.58. The van der Waals surface area contributed by atoms with Crippen LogP contribution in [0, 0.1) is 17.1 Å². The second kappa shape index (κ2) is 6.99. The number of pyridine rings is 2. The maximum absolute atomic E-state index is 14.3. The second-order valence-electron chi connectivity index (χ2n) is 6.25. The summed E-state index contributed by atoms with van der Waals surface area (Å²) in [5.74, 6) is 0.177. The van der Waals surface area contributed by atoms with E-state index >= 15 is 0 Å². The summed E-state index contributed by atoms with van der Waals surface area (Å²) in [7, 11) is 1.90. The fourth-order valence-electron chi connectivity index (χ4n) is 3.30. The average molecular weight is 364 g/mol. The van der Waals surface area contributed by atoms with E-state index in [1.807, 2.05) is 28.7 Å². The van der Waals surface area contributed by atoms with E-state index in [0.717, 1.165) is 17.7 Å². The smallest absolute Gasteiger partial charge is 0.226 e.